The molecule has 1 aromatic rings. The third kappa shape index (κ3) is 4.78. The Kier molecular flexibility index (Phi) is 5.47. The second kappa shape index (κ2) is 7.01. The van der Waals surface area contributed by atoms with Gasteiger partial charge in [-0.15, -0.1) is 0 Å². The Hall–Kier alpha value is -1.40. The molecule has 1 amide bonds. The Morgan fingerprint density at radius 2 is 1.91 bits per heavy atom. The lowest BCUT2D eigenvalue weighted by molar-refractivity contribution is -0.122. The molecule has 0 spiro atoms. The minimum Gasteiger partial charge on any atom is -0.354 e. The van der Waals surface area contributed by atoms with E-state index in [9.17, 15) is 13.2 Å². The van der Waals surface area contributed by atoms with E-state index >= 15 is 0 Å². The normalized spacial score (nSPS) is 18.8. The van der Waals surface area contributed by atoms with Crippen molar-refractivity contribution < 1.29 is 13.2 Å². The Balaban J connectivity index is 1.92. The summed E-state index contributed by atoms with van der Waals surface area (Å²) >= 11 is 0. The number of nitrogens with one attached hydrogen (secondary N) is 2. The molecule has 23 heavy (non-hydrogen) atoms. The van der Waals surface area contributed by atoms with Gasteiger partial charge < -0.3 is 10.6 Å². The van der Waals surface area contributed by atoms with Crippen molar-refractivity contribution in [2.75, 3.05) is 18.8 Å². The molecule has 1 atom stereocenters. The summed E-state index contributed by atoms with van der Waals surface area (Å²) in [5, 5.41) is 5.80. The van der Waals surface area contributed by atoms with Gasteiger partial charge in [0.05, 0.1) is 16.7 Å². The van der Waals surface area contributed by atoms with Crippen LogP contribution in [0.1, 0.15) is 39.2 Å². The maximum absolute atomic E-state index is 12.3. The summed E-state index contributed by atoms with van der Waals surface area (Å²) in [6.07, 6.45) is 1.79. The average Bonchev–Trinajstić information content (AvgIpc) is 3.00. The first kappa shape index (κ1) is 17.9. The van der Waals surface area contributed by atoms with Gasteiger partial charge in [-0.25, -0.2) is 8.42 Å². The maximum atomic E-state index is 12.3. The highest BCUT2D eigenvalue weighted by molar-refractivity contribution is 7.91. The van der Waals surface area contributed by atoms with Crippen LogP contribution in [0.5, 0.6) is 0 Å². The zero-order chi connectivity index (χ0) is 17.1. The van der Waals surface area contributed by atoms with Crippen molar-refractivity contribution in [2.24, 2.45) is 0 Å². The molecule has 0 bridgehead atoms. The molecule has 1 aliphatic heterocycles. The molecule has 1 saturated heterocycles. The number of sulfone groups is 1. The minimum atomic E-state index is -3.38. The highest BCUT2D eigenvalue weighted by Gasteiger charge is 2.22. The predicted octanol–water partition coefficient (Wildman–Crippen LogP) is 1.63. The van der Waals surface area contributed by atoms with E-state index in [1.54, 1.807) is 12.1 Å². The summed E-state index contributed by atoms with van der Waals surface area (Å²) < 4.78 is 24.7. The van der Waals surface area contributed by atoms with Crippen LogP contribution >= 0.6 is 0 Å². The van der Waals surface area contributed by atoms with E-state index in [1.807, 2.05) is 12.1 Å². The standard InChI is InChI=1S/C17H26N2O3S/c1-17(2,3)13-6-8-14(9-7-13)23(21,22)12-11-19-16(20)15-5-4-10-18-15/h6-9,15,18H,4-5,10-12H2,1-3H3,(H,19,20)/t15-/m1/s1. The first-order chi connectivity index (χ1) is 10.7. The van der Waals surface area contributed by atoms with Gasteiger partial charge in [-0.3, -0.25) is 4.79 Å². The molecular formula is C17H26N2O3S. The number of rotatable bonds is 5. The molecule has 6 heteroatoms. The molecule has 1 aliphatic rings. The average molecular weight is 338 g/mol. The Morgan fingerprint density at radius 1 is 1.26 bits per heavy atom. The van der Waals surface area contributed by atoms with Gasteiger partial charge in [0.1, 0.15) is 0 Å². The Bertz CT molecular complexity index is 639. The van der Waals surface area contributed by atoms with E-state index in [0.29, 0.717) is 4.90 Å². The highest BCUT2D eigenvalue weighted by Crippen LogP contribution is 2.23. The summed E-state index contributed by atoms with van der Waals surface area (Å²) in [5.74, 6) is -0.193. The van der Waals surface area contributed by atoms with Gasteiger partial charge in [-0.05, 0) is 42.5 Å². The van der Waals surface area contributed by atoms with Gasteiger partial charge in [0.25, 0.3) is 0 Å². The maximum Gasteiger partial charge on any atom is 0.237 e. The lowest BCUT2D eigenvalue weighted by Crippen LogP contribution is -2.42. The van der Waals surface area contributed by atoms with Gasteiger partial charge >= 0.3 is 0 Å². The van der Waals surface area contributed by atoms with Gasteiger partial charge in [-0.2, -0.15) is 0 Å². The zero-order valence-corrected chi connectivity index (χ0v) is 14.9. The summed E-state index contributed by atoms with van der Waals surface area (Å²) in [4.78, 5) is 12.2. The number of benzene rings is 1. The SMILES string of the molecule is CC(C)(C)c1ccc(S(=O)(=O)CCNC(=O)[C@H]2CCCN2)cc1. The van der Waals surface area contributed by atoms with Crippen LogP contribution in [0.25, 0.3) is 0 Å². The minimum absolute atomic E-state index is 0.00938. The van der Waals surface area contributed by atoms with E-state index in [0.717, 1.165) is 24.9 Å². The van der Waals surface area contributed by atoms with Gasteiger partial charge in [-0.1, -0.05) is 32.9 Å². The van der Waals surface area contributed by atoms with Crippen LogP contribution in [0.3, 0.4) is 0 Å². The molecule has 2 rings (SSSR count). The second-order valence-electron chi connectivity index (χ2n) is 7.03. The molecule has 128 valence electrons. The molecule has 5 nitrogen and oxygen atoms in total. The topological polar surface area (TPSA) is 75.3 Å². The van der Waals surface area contributed by atoms with Crippen LogP contribution in [0.2, 0.25) is 0 Å². The molecule has 2 N–H and O–H groups in total. The van der Waals surface area contributed by atoms with E-state index in [-0.39, 0.29) is 29.7 Å². The molecular weight excluding hydrogens is 312 g/mol. The van der Waals surface area contributed by atoms with Crippen molar-refractivity contribution in [3.63, 3.8) is 0 Å². The molecule has 0 unspecified atom stereocenters. The fourth-order valence-corrected chi connectivity index (χ4v) is 3.78. The van der Waals surface area contributed by atoms with Gasteiger partial charge in [0.2, 0.25) is 5.91 Å². The van der Waals surface area contributed by atoms with Crippen LogP contribution < -0.4 is 10.6 Å². The number of hydrogen-bond donors (Lipinski definition) is 2. The highest BCUT2D eigenvalue weighted by atomic mass is 32.2. The van der Waals surface area contributed by atoms with Crippen molar-refractivity contribution >= 4 is 15.7 Å². The van der Waals surface area contributed by atoms with Crippen molar-refractivity contribution in [1.29, 1.82) is 0 Å². The number of hydrogen-bond acceptors (Lipinski definition) is 4. The third-order valence-corrected chi connectivity index (χ3v) is 5.86. The largest absolute Gasteiger partial charge is 0.354 e. The predicted molar refractivity (Wildman–Crippen MR) is 91.2 cm³/mol. The van der Waals surface area contributed by atoms with Gasteiger partial charge in [0, 0.05) is 6.54 Å². The summed E-state index contributed by atoms with van der Waals surface area (Å²) in [5.41, 5.74) is 1.09. The Labute approximate surface area is 138 Å². The van der Waals surface area contributed by atoms with Crippen LogP contribution in [-0.4, -0.2) is 39.2 Å². The van der Waals surface area contributed by atoms with E-state index in [2.05, 4.69) is 31.4 Å². The molecule has 1 fully saturated rings. The van der Waals surface area contributed by atoms with Crippen molar-refractivity contribution in [3.05, 3.63) is 29.8 Å². The fourth-order valence-electron chi connectivity index (χ4n) is 2.62. The van der Waals surface area contributed by atoms with Crippen molar-refractivity contribution in [3.8, 4) is 0 Å². The monoisotopic (exact) mass is 338 g/mol. The lowest BCUT2D eigenvalue weighted by atomic mass is 9.87. The Morgan fingerprint density at radius 3 is 2.43 bits per heavy atom. The smallest absolute Gasteiger partial charge is 0.237 e. The summed E-state index contributed by atoms with van der Waals surface area (Å²) in [6.45, 7) is 7.24. The third-order valence-electron chi connectivity index (χ3n) is 4.13. The molecule has 0 aliphatic carbocycles. The van der Waals surface area contributed by atoms with Crippen LogP contribution in [0.15, 0.2) is 29.2 Å². The molecule has 0 aromatic heterocycles. The number of carbonyl (C=O) groups is 1. The number of amides is 1. The first-order valence-electron chi connectivity index (χ1n) is 8.04. The second-order valence-corrected chi connectivity index (χ2v) is 9.14. The summed E-state index contributed by atoms with van der Waals surface area (Å²) in [6, 6.07) is 6.83. The van der Waals surface area contributed by atoms with E-state index in [1.165, 1.54) is 0 Å². The van der Waals surface area contributed by atoms with Crippen LogP contribution in [0, 0.1) is 0 Å². The summed E-state index contributed by atoms with van der Waals surface area (Å²) in [7, 11) is -3.38. The zero-order valence-electron chi connectivity index (χ0n) is 14.1. The fraction of sp³-hybridized carbons (Fsp3) is 0.588. The van der Waals surface area contributed by atoms with Crippen molar-refractivity contribution in [2.45, 2.75) is 50.0 Å². The van der Waals surface area contributed by atoms with Crippen LogP contribution in [-0.2, 0) is 20.0 Å². The quantitative estimate of drug-likeness (QED) is 0.855. The van der Waals surface area contributed by atoms with Crippen molar-refractivity contribution in [1.82, 2.24) is 10.6 Å². The molecule has 0 radical (unpaired) electrons. The molecule has 0 saturated carbocycles. The lowest BCUT2D eigenvalue weighted by Gasteiger charge is -2.19. The van der Waals surface area contributed by atoms with E-state index < -0.39 is 9.84 Å². The number of carbonyl (C=O) groups excluding carboxylic acids is 1. The van der Waals surface area contributed by atoms with E-state index in [4.69, 9.17) is 0 Å². The van der Waals surface area contributed by atoms with Gasteiger partial charge in [0.15, 0.2) is 9.84 Å². The van der Waals surface area contributed by atoms with Crippen LogP contribution in [0.4, 0.5) is 0 Å². The molecule has 1 heterocycles. The first-order valence-corrected chi connectivity index (χ1v) is 9.70. The molecule has 1 aromatic carbocycles.